The van der Waals surface area contributed by atoms with Crippen LogP contribution in [0.1, 0.15) is 104 Å². The zero-order valence-electron chi connectivity index (χ0n) is 26.6. The number of nitrogens with two attached hydrogens (primary N) is 2. The second kappa shape index (κ2) is 14.4. The van der Waals surface area contributed by atoms with E-state index in [0.717, 1.165) is 45.1 Å². The smallest absolute Gasteiger partial charge is 0.333 e. The molecule has 6 N–H and O–H groups in total. The van der Waals surface area contributed by atoms with Gasteiger partial charge < -0.3 is 29.7 Å². The number of quaternary nitrogens is 1. The van der Waals surface area contributed by atoms with Crippen molar-refractivity contribution in [1.82, 2.24) is 0 Å². The minimum atomic E-state index is -0.948. The maximum atomic E-state index is 13.5. The van der Waals surface area contributed by atoms with E-state index in [-0.39, 0.29) is 48.9 Å². The summed E-state index contributed by atoms with van der Waals surface area (Å²) in [6.07, 6.45) is 11.6. The van der Waals surface area contributed by atoms with Crippen LogP contribution in [0.25, 0.3) is 0 Å². The van der Waals surface area contributed by atoms with Crippen LogP contribution in [-0.2, 0) is 23.8 Å². The van der Waals surface area contributed by atoms with Gasteiger partial charge in [0.05, 0.1) is 43.5 Å². The fourth-order valence-corrected chi connectivity index (χ4v) is 8.80. The van der Waals surface area contributed by atoms with Crippen LogP contribution in [0.15, 0.2) is 11.6 Å². The van der Waals surface area contributed by atoms with E-state index in [2.05, 4.69) is 12.2 Å². The van der Waals surface area contributed by atoms with Gasteiger partial charge in [-0.2, -0.15) is 0 Å². The molecule has 11 unspecified atom stereocenters. The Labute approximate surface area is 257 Å². The molecular weight excluding hydrogens is 548 g/mol. The minimum Gasteiger partial charge on any atom is -0.456 e. The van der Waals surface area contributed by atoms with Crippen molar-refractivity contribution in [3.63, 3.8) is 0 Å². The molecule has 0 amide bonds. The quantitative estimate of drug-likeness (QED) is 0.232. The summed E-state index contributed by atoms with van der Waals surface area (Å²) < 4.78 is 19.8. The molecule has 11 atom stereocenters. The first-order valence-corrected chi connectivity index (χ1v) is 17.2. The first kappa shape index (κ1) is 33.0. The van der Waals surface area contributed by atoms with Crippen molar-refractivity contribution in [2.75, 3.05) is 13.2 Å². The summed E-state index contributed by atoms with van der Waals surface area (Å²) in [5.74, 6) is -0.295. The lowest BCUT2D eigenvalue weighted by molar-refractivity contribution is -0.703. The van der Waals surface area contributed by atoms with Gasteiger partial charge in [0.25, 0.3) is 0 Å². The molecule has 9 heteroatoms. The maximum absolute atomic E-state index is 13.5. The summed E-state index contributed by atoms with van der Waals surface area (Å²) in [4.78, 5) is 26.5. The van der Waals surface area contributed by atoms with Crippen LogP contribution in [0.4, 0.5) is 0 Å². The summed E-state index contributed by atoms with van der Waals surface area (Å²) >= 11 is 0. The lowest BCUT2D eigenvalue weighted by Crippen LogP contribution is -2.95. The van der Waals surface area contributed by atoms with E-state index >= 15 is 0 Å². The Kier molecular flexibility index (Phi) is 11.0. The fraction of sp³-hybridized carbons (Fsp3) is 0.882. The Morgan fingerprint density at radius 1 is 1.12 bits per heavy atom. The van der Waals surface area contributed by atoms with Gasteiger partial charge in [-0.1, -0.05) is 38.2 Å². The van der Waals surface area contributed by atoms with Crippen LogP contribution < -0.4 is 11.1 Å². The monoisotopic (exact) mass is 605 g/mol. The summed E-state index contributed by atoms with van der Waals surface area (Å²) in [6.45, 7) is 6.42. The Hall–Kier alpha value is -1.36. The molecule has 0 radical (unpaired) electrons. The molecule has 5 rings (SSSR count). The SMILES string of the molecule is CC=C(C)C(=O)OC1CC2C(O)C3C(=O)CC(CO)OC3C(CCC3CCCCC3)C2OC1(C)CCC1CCC(N)[NH2+]C1. The number of ketones is 1. The van der Waals surface area contributed by atoms with Crippen LogP contribution in [0.5, 0.6) is 0 Å². The normalized spacial score (nSPS) is 42.7. The highest BCUT2D eigenvalue weighted by atomic mass is 16.6. The van der Waals surface area contributed by atoms with Gasteiger partial charge in [0.1, 0.15) is 23.7 Å². The number of carbonyl (C=O) groups is 2. The van der Waals surface area contributed by atoms with Crippen molar-refractivity contribution >= 4 is 11.8 Å². The Balaban J connectivity index is 1.42. The third-order valence-corrected chi connectivity index (χ3v) is 11.7. The zero-order valence-corrected chi connectivity index (χ0v) is 26.6. The summed E-state index contributed by atoms with van der Waals surface area (Å²) in [5.41, 5.74) is 5.93. The van der Waals surface area contributed by atoms with Crippen LogP contribution in [0.3, 0.4) is 0 Å². The van der Waals surface area contributed by atoms with Gasteiger partial charge in [-0.25, -0.2) is 4.79 Å². The molecular formula is C34H57N2O7+. The summed E-state index contributed by atoms with van der Waals surface area (Å²) in [7, 11) is 0. The molecule has 5 aliphatic rings. The number of Topliss-reactive ketones (excluding diaryl/α,β-unsaturated/α-hetero) is 1. The molecule has 3 aliphatic heterocycles. The van der Waals surface area contributed by atoms with E-state index < -0.39 is 35.9 Å². The van der Waals surface area contributed by atoms with Gasteiger partial charge in [0.15, 0.2) is 0 Å². The Bertz CT molecular complexity index is 991. The maximum Gasteiger partial charge on any atom is 0.333 e. The predicted molar refractivity (Wildman–Crippen MR) is 162 cm³/mol. The molecule has 43 heavy (non-hydrogen) atoms. The highest BCUT2D eigenvalue weighted by Gasteiger charge is 2.61. The van der Waals surface area contributed by atoms with E-state index in [0.29, 0.717) is 23.8 Å². The largest absolute Gasteiger partial charge is 0.456 e. The van der Waals surface area contributed by atoms with Crippen LogP contribution in [-0.4, -0.2) is 77.4 Å². The number of aliphatic hydroxyl groups excluding tert-OH is 2. The Morgan fingerprint density at radius 3 is 2.56 bits per heavy atom. The first-order chi connectivity index (χ1) is 20.6. The molecule has 244 valence electrons. The average molecular weight is 606 g/mol. The topological polar surface area (TPSA) is 145 Å². The number of hydrogen-bond donors (Lipinski definition) is 4. The van der Waals surface area contributed by atoms with Crippen molar-refractivity contribution in [2.24, 2.45) is 35.3 Å². The number of esters is 1. The van der Waals surface area contributed by atoms with Gasteiger partial charge >= 0.3 is 5.97 Å². The first-order valence-electron chi connectivity index (χ1n) is 17.2. The zero-order chi connectivity index (χ0) is 30.7. The molecule has 0 spiro atoms. The number of rotatable bonds is 9. The molecule has 2 aliphatic carbocycles. The predicted octanol–water partition coefficient (Wildman–Crippen LogP) is 2.75. The molecule has 0 bridgehead atoms. The highest BCUT2D eigenvalue weighted by molar-refractivity contribution is 5.87. The molecule has 0 aromatic rings. The van der Waals surface area contributed by atoms with E-state index in [9.17, 15) is 19.8 Å². The van der Waals surface area contributed by atoms with Gasteiger partial charge in [-0.3, -0.25) is 10.5 Å². The third kappa shape index (κ3) is 7.39. The number of ether oxygens (including phenoxy) is 3. The summed E-state index contributed by atoms with van der Waals surface area (Å²) in [5, 5.41) is 24.0. The number of piperidine rings is 1. The summed E-state index contributed by atoms with van der Waals surface area (Å²) in [6, 6.07) is 0. The van der Waals surface area contributed by atoms with Gasteiger partial charge in [-0.05, 0) is 65.2 Å². The van der Waals surface area contributed by atoms with Crippen molar-refractivity contribution in [1.29, 1.82) is 0 Å². The number of aliphatic hydroxyl groups is 2. The highest BCUT2D eigenvalue weighted by Crippen LogP contribution is 2.51. The van der Waals surface area contributed by atoms with E-state index in [1.807, 2.05) is 6.92 Å². The van der Waals surface area contributed by atoms with E-state index in [4.69, 9.17) is 19.9 Å². The molecule has 5 fully saturated rings. The van der Waals surface area contributed by atoms with Crippen molar-refractivity contribution < 1.29 is 39.3 Å². The van der Waals surface area contributed by atoms with Crippen LogP contribution >= 0.6 is 0 Å². The second-order valence-electron chi connectivity index (χ2n) is 14.6. The lowest BCUT2D eigenvalue weighted by atomic mass is 9.61. The van der Waals surface area contributed by atoms with Crippen molar-refractivity contribution in [2.45, 2.75) is 147 Å². The van der Waals surface area contributed by atoms with Gasteiger partial charge in [0, 0.05) is 36.2 Å². The third-order valence-electron chi connectivity index (χ3n) is 11.7. The number of hydrogen-bond acceptors (Lipinski definition) is 8. The van der Waals surface area contributed by atoms with E-state index in [1.165, 1.54) is 32.1 Å². The molecule has 9 nitrogen and oxygen atoms in total. The number of fused-ring (bicyclic) bond motifs is 2. The molecule has 2 saturated carbocycles. The number of allylic oxidation sites excluding steroid dienone is 1. The Morgan fingerprint density at radius 2 is 1.88 bits per heavy atom. The van der Waals surface area contributed by atoms with Crippen molar-refractivity contribution in [3.8, 4) is 0 Å². The van der Waals surface area contributed by atoms with Gasteiger partial charge in [-0.15, -0.1) is 0 Å². The molecule has 3 heterocycles. The molecule has 0 aromatic carbocycles. The second-order valence-corrected chi connectivity index (χ2v) is 14.6. The van der Waals surface area contributed by atoms with Crippen LogP contribution in [0, 0.1) is 29.6 Å². The van der Waals surface area contributed by atoms with E-state index in [1.54, 1.807) is 13.0 Å². The number of carbonyl (C=O) groups excluding carboxylic acids is 2. The fourth-order valence-electron chi connectivity index (χ4n) is 8.80. The molecule has 3 saturated heterocycles. The van der Waals surface area contributed by atoms with Gasteiger partial charge in [0.2, 0.25) is 0 Å². The van der Waals surface area contributed by atoms with Crippen LogP contribution in [0.2, 0.25) is 0 Å². The lowest BCUT2D eigenvalue weighted by Gasteiger charge is -2.58. The average Bonchev–Trinajstić information content (AvgIpc) is 3.01. The van der Waals surface area contributed by atoms with Crippen molar-refractivity contribution in [3.05, 3.63) is 11.6 Å². The standard InChI is InChI=1S/C34H56N2O7/c1-4-20(2)33(40)42-27-17-25-30(39)29-26(38)16-23(19-37)41-32(29)24(12-10-21-8-6-5-7-9-21)31(25)43-34(27,3)15-14-22-11-13-28(35)36-18-22/h4,21-25,27-32,36-37,39H,5-19,35H2,1-3H3/p+1. The minimum absolute atomic E-state index is 0.0395. The molecule has 0 aromatic heterocycles.